The number of hydrogen-bond acceptors (Lipinski definition) is 3. The maximum absolute atomic E-state index is 13.6. The summed E-state index contributed by atoms with van der Waals surface area (Å²) in [5.74, 6) is 1.04. The number of anilines is 1. The van der Waals surface area contributed by atoms with Gasteiger partial charge in [-0.05, 0) is 65.3 Å². The van der Waals surface area contributed by atoms with Crippen molar-refractivity contribution in [1.29, 1.82) is 0 Å². The smallest absolute Gasteiger partial charge is 0.415 e. The number of carbonyl (C=O) groups is 1. The predicted molar refractivity (Wildman–Crippen MR) is 131 cm³/mol. The Hall–Kier alpha value is -2.79. The van der Waals surface area contributed by atoms with E-state index in [1.165, 1.54) is 5.56 Å². The van der Waals surface area contributed by atoms with Crippen LogP contribution < -0.4 is 9.64 Å². The zero-order valence-electron chi connectivity index (χ0n) is 18.7. The Morgan fingerprint density at radius 3 is 2.59 bits per heavy atom. The largest absolute Gasteiger partial charge is 0.497 e. The van der Waals surface area contributed by atoms with Gasteiger partial charge in [0.15, 0.2) is 0 Å². The average Bonchev–Trinajstić information content (AvgIpc) is 2.81. The summed E-state index contributed by atoms with van der Waals surface area (Å²) in [6, 6.07) is 21.9. The van der Waals surface area contributed by atoms with Gasteiger partial charge in [-0.1, -0.05) is 72.2 Å². The van der Waals surface area contributed by atoms with Crippen LogP contribution in [0.25, 0.3) is 0 Å². The van der Waals surface area contributed by atoms with E-state index in [1.54, 1.807) is 7.11 Å². The Morgan fingerprint density at radius 2 is 1.88 bits per heavy atom. The highest BCUT2D eigenvalue weighted by Crippen LogP contribution is 2.45. The zero-order valence-corrected chi connectivity index (χ0v) is 20.3. The molecule has 0 saturated carbocycles. The summed E-state index contributed by atoms with van der Waals surface area (Å²) in [5.41, 5.74) is 5.29. The molecule has 0 bridgehead atoms. The number of nitrogens with zero attached hydrogens (tertiary/aromatic N) is 1. The average molecular weight is 494 g/mol. The molecule has 3 aromatic carbocycles. The van der Waals surface area contributed by atoms with E-state index in [0.717, 1.165) is 45.4 Å². The molecule has 0 saturated heterocycles. The molecule has 4 nitrogen and oxygen atoms in total. The van der Waals surface area contributed by atoms with Crippen LogP contribution in [0.15, 0.2) is 71.2 Å². The molecule has 1 unspecified atom stereocenters. The molecule has 0 radical (unpaired) electrons. The molecule has 0 spiro atoms. The van der Waals surface area contributed by atoms with E-state index in [1.807, 2.05) is 53.4 Å². The summed E-state index contributed by atoms with van der Waals surface area (Å²) < 4.78 is 12.3. The zero-order chi connectivity index (χ0) is 22.7. The first-order valence-electron chi connectivity index (χ1n) is 10.9. The topological polar surface area (TPSA) is 38.8 Å². The number of halogens is 1. The van der Waals surface area contributed by atoms with Crippen molar-refractivity contribution >= 4 is 27.7 Å². The SMILES string of the molecule is COc1cccc(C2CCc3cc(Br)cc(C(C)C)c3N2C(=O)OCc2ccccc2)c1. The minimum Gasteiger partial charge on any atom is -0.497 e. The van der Waals surface area contributed by atoms with Gasteiger partial charge in [0.1, 0.15) is 12.4 Å². The van der Waals surface area contributed by atoms with Crippen LogP contribution in [0.3, 0.4) is 0 Å². The quantitative estimate of drug-likeness (QED) is 0.371. The molecule has 0 N–H and O–H groups in total. The van der Waals surface area contributed by atoms with Gasteiger partial charge in [0.2, 0.25) is 0 Å². The van der Waals surface area contributed by atoms with Crippen molar-refractivity contribution in [3.05, 3.63) is 93.5 Å². The van der Waals surface area contributed by atoms with Gasteiger partial charge >= 0.3 is 6.09 Å². The normalized spacial score (nSPS) is 15.4. The first-order chi connectivity index (χ1) is 15.5. The van der Waals surface area contributed by atoms with Crippen molar-refractivity contribution in [3.8, 4) is 5.75 Å². The van der Waals surface area contributed by atoms with Gasteiger partial charge in [-0.3, -0.25) is 4.90 Å². The van der Waals surface area contributed by atoms with Gasteiger partial charge in [0.25, 0.3) is 0 Å². The monoisotopic (exact) mass is 493 g/mol. The van der Waals surface area contributed by atoms with E-state index in [2.05, 4.69) is 48.0 Å². The molecule has 1 atom stereocenters. The van der Waals surface area contributed by atoms with Crippen molar-refractivity contribution < 1.29 is 14.3 Å². The lowest BCUT2D eigenvalue weighted by molar-refractivity contribution is 0.143. The van der Waals surface area contributed by atoms with Crippen molar-refractivity contribution in [2.75, 3.05) is 12.0 Å². The van der Waals surface area contributed by atoms with Crippen LogP contribution in [-0.4, -0.2) is 13.2 Å². The van der Waals surface area contributed by atoms with Crippen LogP contribution in [0, 0.1) is 0 Å². The number of amides is 1. The minimum atomic E-state index is -0.327. The molecule has 166 valence electrons. The third kappa shape index (κ3) is 4.68. The molecule has 5 heteroatoms. The van der Waals surface area contributed by atoms with Gasteiger partial charge in [0, 0.05) is 4.47 Å². The predicted octanol–water partition coefficient (Wildman–Crippen LogP) is 7.41. The lowest BCUT2D eigenvalue weighted by Gasteiger charge is -2.39. The van der Waals surface area contributed by atoms with E-state index in [0.29, 0.717) is 0 Å². The molecule has 1 aliphatic heterocycles. The molecule has 1 aliphatic rings. The second-order valence-electron chi connectivity index (χ2n) is 8.40. The number of ether oxygens (including phenoxy) is 2. The summed E-state index contributed by atoms with van der Waals surface area (Å²) in [6.07, 6.45) is 1.37. The number of methoxy groups -OCH3 is 1. The van der Waals surface area contributed by atoms with Gasteiger partial charge in [0.05, 0.1) is 18.8 Å². The fourth-order valence-corrected chi connectivity index (χ4v) is 4.88. The molecule has 0 aromatic heterocycles. The van der Waals surface area contributed by atoms with E-state index in [9.17, 15) is 4.79 Å². The molecule has 1 amide bonds. The van der Waals surface area contributed by atoms with Crippen LogP contribution in [0.4, 0.5) is 10.5 Å². The Bertz CT molecular complexity index is 1100. The van der Waals surface area contributed by atoms with E-state index in [-0.39, 0.29) is 24.7 Å². The van der Waals surface area contributed by atoms with Crippen LogP contribution in [0.2, 0.25) is 0 Å². The highest BCUT2D eigenvalue weighted by Gasteiger charge is 2.36. The molecule has 0 fully saturated rings. The molecule has 1 heterocycles. The molecular weight excluding hydrogens is 466 g/mol. The highest BCUT2D eigenvalue weighted by molar-refractivity contribution is 9.10. The summed E-state index contributed by atoms with van der Waals surface area (Å²) in [6.45, 7) is 4.55. The fourth-order valence-electron chi connectivity index (χ4n) is 4.35. The highest BCUT2D eigenvalue weighted by atomic mass is 79.9. The number of carbonyl (C=O) groups excluding carboxylic acids is 1. The second-order valence-corrected chi connectivity index (χ2v) is 9.31. The maximum atomic E-state index is 13.6. The van der Waals surface area contributed by atoms with E-state index >= 15 is 0 Å². The lowest BCUT2D eigenvalue weighted by atomic mass is 9.87. The number of aryl methyl sites for hydroxylation is 1. The molecule has 4 rings (SSSR count). The van der Waals surface area contributed by atoms with Gasteiger partial charge in [-0.15, -0.1) is 0 Å². The van der Waals surface area contributed by atoms with Gasteiger partial charge < -0.3 is 9.47 Å². The fraction of sp³-hybridized carbons (Fsp3) is 0.296. The molecular formula is C27H28BrNO3. The molecule has 3 aromatic rings. The van der Waals surface area contributed by atoms with Crippen LogP contribution in [-0.2, 0) is 17.8 Å². The summed E-state index contributed by atoms with van der Waals surface area (Å²) in [4.78, 5) is 15.5. The molecule has 32 heavy (non-hydrogen) atoms. The Morgan fingerprint density at radius 1 is 1.09 bits per heavy atom. The van der Waals surface area contributed by atoms with Gasteiger partial charge in [-0.2, -0.15) is 0 Å². The first-order valence-corrected chi connectivity index (χ1v) is 11.7. The van der Waals surface area contributed by atoms with Gasteiger partial charge in [-0.25, -0.2) is 4.79 Å². The third-order valence-electron chi connectivity index (χ3n) is 5.93. The summed E-state index contributed by atoms with van der Waals surface area (Å²) in [5, 5.41) is 0. The van der Waals surface area contributed by atoms with Crippen molar-refractivity contribution in [2.24, 2.45) is 0 Å². The number of fused-ring (bicyclic) bond motifs is 1. The standard InChI is InChI=1S/C27H28BrNO3/c1-18(2)24-16-22(28)14-21-12-13-25(20-10-7-11-23(15-20)31-3)29(26(21)24)27(30)32-17-19-8-5-4-6-9-19/h4-11,14-16,18,25H,12-13,17H2,1-3H3. The molecule has 0 aliphatic carbocycles. The van der Waals surface area contributed by atoms with Crippen LogP contribution in [0.1, 0.15) is 54.5 Å². The lowest BCUT2D eigenvalue weighted by Crippen LogP contribution is -2.39. The minimum absolute atomic E-state index is 0.125. The van der Waals surface area contributed by atoms with E-state index in [4.69, 9.17) is 9.47 Å². The second kappa shape index (κ2) is 9.78. The summed E-state index contributed by atoms with van der Waals surface area (Å²) >= 11 is 3.66. The van der Waals surface area contributed by atoms with E-state index < -0.39 is 0 Å². The van der Waals surface area contributed by atoms with Crippen molar-refractivity contribution in [2.45, 2.75) is 45.3 Å². The van der Waals surface area contributed by atoms with Crippen LogP contribution in [0.5, 0.6) is 5.75 Å². The van der Waals surface area contributed by atoms with Crippen LogP contribution >= 0.6 is 15.9 Å². The number of benzene rings is 3. The van der Waals surface area contributed by atoms with Crippen molar-refractivity contribution in [1.82, 2.24) is 0 Å². The number of hydrogen-bond donors (Lipinski definition) is 0. The Labute approximate surface area is 198 Å². The first kappa shape index (κ1) is 22.4. The number of rotatable bonds is 5. The maximum Gasteiger partial charge on any atom is 0.415 e. The van der Waals surface area contributed by atoms with Crippen molar-refractivity contribution in [3.63, 3.8) is 0 Å². The Balaban J connectivity index is 1.76. The summed E-state index contributed by atoms with van der Waals surface area (Å²) in [7, 11) is 1.66. The third-order valence-corrected chi connectivity index (χ3v) is 6.38. The Kier molecular flexibility index (Phi) is 6.85.